The number of carbonyl (C=O) groups is 1. The van der Waals surface area contributed by atoms with Crippen LogP contribution in [0.2, 0.25) is 18.1 Å². The molecule has 0 aromatic carbocycles. The largest absolute Gasteiger partial charge is 0.460 e. The highest BCUT2D eigenvalue weighted by Crippen LogP contribution is 2.36. The topological polar surface area (TPSA) is 35.5 Å². The van der Waals surface area contributed by atoms with Crippen molar-refractivity contribution in [1.82, 2.24) is 0 Å². The Morgan fingerprint density at radius 1 is 1.05 bits per heavy atom. The van der Waals surface area contributed by atoms with Gasteiger partial charge in [-0.05, 0) is 64.1 Å². The third-order valence-corrected chi connectivity index (χ3v) is 8.91. The fourth-order valence-corrected chi connectivity index (χ4v) is 2.96. The smallest absolute Gasteiger partial charge is 0.306 e. The van der Waals surface area contributed by atoms with Crippen LogP contribution in [0.25, 0.3) is 0 Å². The van der Waals surface area contributed by atoms with Gasteiger partial charge < -0.3 is 9.16 Å². The minimum absolute atomic E-state index is 0.0862. The van der Waals surface area contributed by atoms with E-state index in [2.05, 4.69) is 40.8 Å². The van der Waals surface area contributed by atoms with Crippen molar-refractivity contribution in [3.8, 4) is 0 Å². The van der Waals surface area contributed by atoms with Gasteiger partial charge in [-0.1, -0.05) is 27.7 Å². The third-order valence-electron chi connectivity index (χ3n) is 4.37. The van der Waals surface area contributed by atoms with E-state index in [9.17, 15) is 4.79 Å². The van der Waals surface area contributed by atoms with Gasteiger partial charge in [-0.2, -0.15) is 0 Å². The SMILES string of the molecule is CC(CCCO[Si](C)(C)C(C)(C)C)CCC(=O)OC(C)(C)C. The first-order valence-electron chi connectivity index (χ1n) is 8.60. The van der Waals surface area contributed by atoms with Crippen LogP contribution in [0.1, 0.15) is 74.1 Å². The van der Waals surface area contributed by atoms with Gasteiger partial charge in [-0.3, -0.25) is 4.79 Å². The summed E-state index contributed by atoms with van der Waals surface area (Å²) in [5, 5.41) is 0.273. The van der Waals surface area contributed by atoms with E-state index in [1.165, 1.54) is 0 Å². The van der Waals surface area contributed by atoms with E-state index < -0.39 is 8.32 Å². The second kappa shape index (κ2) is 8.49. The van der Waals surface area contributed by atoms with Gasteiger partial charge in [-0.15, -0.1) is 0 Å². The zero-order valence-electron chi connectivity index (χ0n) is 16.3. The second-order valence-corrected chi connectivity index (χ2v) is 13.8. The molecule has 1 unspecified atom stereocenters. The molecular weight excluding hydrogens is 292 g/mol. The van der Waals surface area contributed by atoms with Gasteiger partial charge in [0.05, 0.1) is 0 Å². The summed E-state index contributed by atoms with van der Waals surface area (Å²) in [6.45, 7) is 20.2. The number of hydrogen-bond donors (Lipinski definition) is 0. The summed E-state index contributed by atoms with van der Waals surface area (Å²) in [4.78, 5) is 11.7. The Kier molecular flexibility index (Phi) is 8.35. The summed E-state index contributed by atoms with van der Waals surface area (Å²) in [6, 6.07) is 0. The Labute approximate surface area is 139 Å². The second-order valence-electron chi connectivity index (χ2n) is 8.98. The van der Waals surface area contributed by atoms with Crippen molar-refractivity contribution in [1.29, 1.82) is 0 Å². The predicted molar refractivity (Wildman–Crippen MR) is 96.6 cm³/mol. The van der Waals surface area contributed by atoms with Crippen LogP contribution in [0.3, 0.4) is 0 Å². The van der Waals surface area contributed by atoms with Crippen LogP contribution < -0.4 is 0 Å². The maximum Gasteiger partial charge on any atom is 0.306 e. The Morgan fingerprint density at radius 2 is 1.59 bits per heavy atom. The van der Waals surface area contributed by atoms with Gasteiger partial charge in [-0.25, -0.2) is 0 Å². The van der Waals surface area contributed by atoms with Gasteiger partial charge >= 0.3 is 5.97 Å². The Balaban J connectivity index is 3.88. The molecule has 0 amide bonds. The zero-order chi connectivity index (χ0) is 17.6. The average molecular weight is 331 g/mol. The molecule has 0 heterocycles. The Morgan fingerprint density at radius 3 is 2.05 bits per heavy atom. The fourth-order valence-electron chi connectivity index (χ4n) is 1.88. The zero-order valence-corrected chi connectivity index (χ0v) is 17.3. The quantitative estimate of drug-likeness (QED) is 0.333. The molecule has 1 atom stereocenters. The van der Waals surface area contributed by atoms with Gasteiger partial charge in [0.2, 0.25) is 0 Å². The summed E-state index contributed by atoms with van der Waals surface area (Å²) >= 11 is 0. The normalized spacial score (nSPS) is 14.8. The maximum atomic E-state index is 11.7. The standard InChI is InChI=1S/C18H38O3Si/c1-15(12-13-16(19)21-17(2,3)4)11-10-14-20-22(8,9)18(5,6)7/h15H,10-14H2,1-9H3. The number of carbonyl (C=O) groups excluding carboxylic acids is 1. The number of rotatable bonds is 8. The van der Waals surface area contributed by atoms with E-state index in [1.54, 1.807) is 0 Å². The number of ether oxygens (including phenoxy) is 1. The van der Waals surface area contributed by atoms with Crippen LogP contribution in [0.15, 0.2) is 0 Å². The molecule has 0 spiro atoms. The van der Waals surface area contributed by atoms with Crippen molar-refractivity contribution >= 4 is 14.3 Å². The van der Waals surface area contributed by atoms with Gasteiger partial charge in [0.15, 0.2) is 8.32 Å². The Bertz CT molecular complexity index is 337. The molecular formula is C18H38O3Si. The first-order valence-corrected chi connectivity index (χ1v) is 11.5. The fraction of sp³-hybridized carbons (Fsp3) is 0.944. The summed E-state index contributed by atoms with van der Waals surface area (Å²) in [7, 11) is -1.61. The molecule has 0 N–H and O–H groups in total. The molecule has 0 aromatic rings. The van der Waals surface area contributed by atoms with E-state index in [1.807, 2.05) is 20.8 Å². The molecule has 22 heavy (non-hydrogen) atoms. The van der Waals surface area contributed by atoms with Crippen LogP contribution in [-0.2, 0) is 14.0 Å². The summed E-state index contributed by atoms with van der Waals surface area (Å²) in [5.74, 6) is 0.451. The van der Waals surface area contributed by atoms with Crippen molar-refractivity contribution < 1.29 is 14.0 Å². The average Bonchev–Trinajstić information content (AvgIpc) is 2.28. The molecule has 0 aromatic heterocycles. The maximum absolute atomic E-state index is 11.7. The van der Waals surface area contributed by atoms with Gasteiger partial charge in [0.25, 0.3) is 0 Å². The molecule has 0 aliphatic rings. The lowest BCUT2D eigenvalue weighted by atomic mass is 10.00. The highest BCUT2D eigenvalue weighted by molar-refractivity contribution is 6.74. The van der Waals surface area contributed by atoms with Gasteiger partial charge in [0.1, 0.15) is 5.60 Å². The first kappa shape index (κ1) is 21.6. The molecule has 0 radical (unpaired) electrons. The van der Waals surface area contributed by atoms with Crippen LogP contribution in [0.5, 0.6) is 0 Å². The molecule has 4 heteroatoms. The highest BCUT2D eigenvalue weighted by atomic mass is 28.4. The molecule has 0 bridgehead atoms. The number of esters is 1. The lowest BCUT2D eigenvalue weighted by Crippen LogP contribution is -2.41. The van der Waals surface area contributed by atoms with Crippen molar-refractivity contribution in [2.75, 3.05) is 6.61 Å². The lowest BCUT2D eigenvalue weighted by molar-refractivity contribution is -0.155. The molecule has 3 nitrogen and oxygen atoms in total. The van der Waals surface area contributed by atoms with E-state index in [-0.39, 0.29) is 16.6 Å². The molecule has 0 saturated carbocycles. The molecule has 0 rings (SSSR count). The minimum Gasteiger partial charge on any atom is -0.460 e. The van der Waals surface area contributed by atoms with E-state index >= 15 is 0 Å². The highest BCUT2D eigenvalue weighted by Gasteiger charge is 2.36. The third kappa shape index (κ3) is 9.62. The molecule has 0 fully saturated rings. The van der Waals surface area contributed by atoms with Crippen LogP contribution in [0, 0.1) is 5.92 Å². The van der Waals surface area contributed by atoms with Crippen LogP contribution in [-0.4, -0.2) is 26.5 Å². The molecule has 132 valence electrons. The van der Waals surface area contributed by atoms with Crippen molar-refractivity contribution in [3.63, 3.8) is 0 Å². The Hall–Kier alpha value is -0.353. The summed E-state index contributed by atoms with van der Waals surface area (Å²) in [6.07, 6.45) is 3.59. The van der Waals surface area contributed by atoms with Crippen molar-refractivity contribution in [2.45, 2.75) is 97.9 Å². The monoisotopic (exact) mass is 330 g/mol. The van der Waals surface area contributed by atoms with Crippen molar-refractivity contribution in [3.05, 3.63) is 0 Å². The van der Waals surface area contributed by atoms with E-state index in [0.29, 0.717) is 12.3 Å². The molecule has 0 aliphatic heterocycles. The minimum atomic E-state index is -1.61. The van der Waals surface area contributed by atoms with Crippen molar-refractivity contribution in [2.24, 2.45) is 5.92 Å². The van der Waals surface area contributed by atoms with Gasteiger partial charge in [0, 0.05) is 13.0 Å². The lowest BCUT2D eigenvalue weighted by Gasteiger charge is -2.36. The first-order chi connectivity index (χ1) is 9.74. The predicted octanol–water partition coefficient (Wildman–Crippen LogP) is 5.55. The van der Waals surface area contributed by atoms with Crippen LogP contribution >= 0.6 is 0 Å². The summed E-state index contributed by atoms with van der Waals surface area (Å²) < 4.78 is 11.5. The number of hydrogen-bond acceptors (Lipinski definition) is 3. The summed E-state index contributed by atoms with van der Waals surface area (Å²) in [5.41, 5.74) is -0.378. The van der Waals surface area contributed by atoms with Crippen LogP contribution in [0.4, 0.5) is 0 Å². The van der Waals surface area contributed by atoms with E-state index in [4.69, 9.17) is 9.16 Å². The molecule has 0 aliphatic carbocycles. The van der Waals surface area contributed by atoms with E-state index in [0.717, 1.165) is 25.9 Å². The molecule has 0 saturated heterocycles.